The van der Waals surface area contributed by atoms with E-state index in [1.165, 1.54) is 16.7 Å². The number of carbonyl (C=O) groups excluding carboxylic acids is 1. The SMILES string of the molecule is C[C@]12CC/C(=N\OC(=O)c3ccccc3)C=C1CC[C@@H]1C2CC[C@]2(N)C(c3ccccc3)=CCC12N. The van der Waals surface area contributed by atoms with Crippen LogP contribution in [0, 0.1) is 17.3 Å². The fourth-order valence-electron chi connectivity index (χ4n) is 7.77. The molecule has 0 spiro atoms. The molecule has 6 rings (SSSR count). The Morgan fingerprint density at radius 2 is 1.67 bits per heavy atom. The third kappa shape index (κ3) is 3.44. The number of carbonyl (C=O) groups is 1. The second kappa shape index (κ2) is 8.53. The molecule has 0 bridgehead atoms. The van der Waals surface area contributed by atoms with Crippen LogP contribution < -0.4 is 11.5 Å². The first-order valence-electron chi connectivity index (χ1n) is 13.2. The Labute approximate surface area is 213 Å². The molecule has 2 aromatic rings. The van der Waals surface area contributed by atoms with Crippen molar-refractivity contribution in [3.05, 3.63) is 89.5 Å². The number of hydrogen-bond acceptors (Lipinski definition) is 5. The fraction of sp³-hybridized carbons (Fsp3) is 0.419. The van der Waals surface area contributed by atoms with E-state index in [1.807, 2.05) is 24.3 Å². The molecular formula is C31H35N3O2. The quantitative estimate of drug-likeness (QED) is 0.439. The maximum atomic E-state index is 12.3. The first-order chi connectivity index (χ1) is 17.3. The minimum Gasteiger partial charge on any atom is -0.323 e. The molecule has 2 fully saturated rings. The number of rotatable bonds is 3. The van der Waals surface area contributed by atoms with E-state index in [0.29, 0.717) is 17.4 Å². The molecule has 5 atom stereocenters. The molecule has 0 saturated heterocycles. The van der Waals surface area contributed by atoms with Crippen molar-refractivity contribution in [3.63, 3.8) is 0 Å². The van der Waals surface area contributed by atoms with Crippen molar-refractivity contribution in [1.29, 1.82) is 0 Å². The molecule has 2 unspecified atom stereocenters. The molecule has 5 nitrogen and oxygen atoms in total. The summed E-state index contributed by atoms with van der Waals surface area (Å²) in [6, 6.07) is 19.5. The Hall–Kier alpha value is -3.02. The van der Waals surface area contributed by atoms with Gasteiger partial charge in [-0.3, -0.25) is 0 Å². The molecule has 36 heavy (non-hydrogen) atoms. The van der Waals surface area contributed by atoms with Crippen molar-refractivity contribution in [2.75, 3.05) is 0 Å². The summed E-state index contributed by atoms with van der Waals surface area (Å²) in [5, 5.41) is 4.24. The molecule has 2 aromatic carbocycles. The minimum absolute atomic E-state index is 0.0780. The number of nitrogens with two attached hydrogens (primary N) is 2. The zero-order chi connectivity index (χ0) is 25.0. The van der Waals surface area contributed by atoms with E-state index in [-0.39, 0.29) is 5.41 Å². The Kier molecular flexibility index (Phi) is 5.54. The van der Waals surface area contributed by atoms with Crippen LogP contribution in [0.25, 0.3) is 5.57 Å². The van der Waals surface area contributed by atoms with Crippen molar-refractivity contribution in [1.82, 2.24) is 0 Å². The van der Waals surface area contributed by atoms with Gasteiger partial charge in [0.2, 0.25) is 0 Å². The van der Waals surface area contributed by atoms with E-state index in [4.69, 9.17) is 16.3 Å². The third-order valence-electron chi connectivity index (χ3n) is 9.81. The maximum absolute atomic E-state index is 12.3. The highest BCUT2D eigenvalue weighted by molar-refractivity contribution is 5.97. The minimum atomic E-state index is -0.486. The molecule has 0 heterocycles. The Balaban J connectivity index is 1.23. The van der Waals surface area contributed by atoms with Gasteiger partial charge in [-0.2, -0.15) is 0 Å². The van der Waals surface area contributed by atoms with Crippen LogP contribution in [0.1, 0.15) is 67.8 Å². The van der Waals surface area contributed by atoms with Crippen LogP contribution >= 0.6 is 0 Å². The second-order valence-electron chi connectivity index (χ2n) is 11.4. The van der Waals surface area contributed by atoms with Crippen LogP contribution in [0.3, 0.4) is 0 Å². The third-order valence-corrected chi connectivity index (χ3v) is 9.81. The zero-order valence-electron chi connectivity index (χ0n) is 21.0. The molecule has 0 amide bonds. The van der Waals surface area contributed by atoms with Gasteiger partial charge in [-0.15, -0.1) is 0 Å². The van der Waals surface area contributed by atoms with Crippen LogP contribution in [0.4, 0.5) is 0 Å². The Bertz CT molecular complexity index is 1270. The van der Waals surface area contributed by atoms with E-state index in [2.05, 4.69) is 48.5 Å². The van der Waals surface area contributed by atoms with Crippen molar-refractivity contribution < 1.29 is 9.63 Å². The summed E-state index contributed by atoms with van der Waals surface area (Å²) in [5.41, 5.74) is 19.0. The topological polar surface area (TPSA) is 90.7 Å². The van der Waals surface area contributed by atoms with Crippen LogP contribution in [-0.2, 0) is 4.84 Å². The number of fused-ring (bicyclic) bond motifs is 5. The molecule has 4 aliphatic rings. The fourth-order valence-corrected chi connectivity index (χ4v) is 7.77. The Morgan fingerprint density at radius 3 is 2.42 bits per heavy atom. The molecule has 4 N–H and O–H groups in total. The highest BCUT2D eigenvalue weighted by Crippen LogP contribution is 2.63. The molecule has 4 aliphatic carbocycles. The number of oxime groups is 1. The number of hydrogen-bond donors (Lipinski definition) is 2. The lowest BCUT2D eigenvalue weighted by Crippen LogP contribution is -2.72. The highest BCUT2D eigenvalue weighted by Gasteiger charge is 2.64. The van der Waals surface area contributed by atoms with Gasteiger partial charge in [0, 0.05) is 5.54 Å². The highest BCUT2D eigenvalue weighted by atomic mass is 16.7. The van der Waals surface area contributed by atoms with E-state index >= 15 is 0 Å². The number of allylic oxidation sites excluding steroid dienone is 2. The standard InChI is InChI=1S/C31H35N3O2/c1-29-17-14-24(34-36-28(35)22-10-6-3-7-11-22)20-23(29)12-13-27-26(29)16-19-30(32)25(15-18-31(27,30)33)21-8-4-2-5-9-21/h2-11,15,20,26-27H,12-14,16-19,32-33H2,1H3/b34-24+/t26?,27-,29+,30+,31?/m1/s1. The second-order valence-corrected chi connectivity index (χ2v) is 11.4. The molecule has 2 saturated carbocycles. The van der Waals surface area contributed by atoms with Crippen LogP contribution in [-0.4, -0.2) is 22.8 Å². The summed E-state index contributed by atoms with van der Waals surface area (Å²) in [5.74, 6) is 0.458. The predicted molar refractivity (Wildman–Crippen MR) is 143 cm³/mol. The van der Waals surface area contributed by atoms with E-state index in [9.17, 15) is 4.79 Å². The van der Waals surface area contributed by atoms with Crippen molar-refractivity contribution in [3.8, 4) is 0 Å². The van der Waals surface area contributed by atoms with Crippen molar-refractivity contribution in [2.45, 2.75) is 62.9 Å². The summed E-state index contributed by atoms with van der Waals surface area (Å²) in [4.78, 5) is 17.6. The molecule has 0 aliphatic heterocycles. The van der Waals surface area contributed by atoms with Gasteiger partial charge in [0.05, 0.1) is 16.8 Å². The molecule has 5 heteroatoms. The van der Waals surface area contributed by atoms with Crippen molar-refractivity contribution in [2.24, 2.45) is 33.9 Å². The summed E-state index contributed by atoms with van der Waals surface area (Å²) < 4.78 is 0. The van der Waals surface area contributed by atoms with Gasteiger partial charge in [-0.05, 0) is 91.5 Å². The monoisotopic (exact) mass is 481 g/mol. The van der Waals surface area contributed by atoms with E-state index in [0.717, 1.165) is 50.7 Å². The molecule has 0 radical (unpaired) electrons. The summed E-state index contributed by atoms with van der Waals surface area (Å²) in [6.07, 6.45) is 11.1. The predicted octanol–water partition coefficient (Wildman–Crippen LogP) is 5.63. The lowest BCUT2D eigenvalue weighted by molar-refractivity contribution is -0.0147. The summed E-state index contributed by atoms with van der Waals surface area (Å²) >= 11 is 0. The number of nitrogens with zero attached hydrogens (tertiary/aromatic N) is 1. The average Bonchev–Trinajstić information content (AvgIpc) is 3.19. The largest absolute Gasteiger partial charge is 0.365 e. The lowest BCUT2D eigenvalue weighted by Gasteiger charge is -2.61. The zero-order valence-corrected chi connectivity index (χ0v) is 21.0. The van der Waals surface area contributed by atoms with Gasteiger partial charge in [-0.25, -0.2) is 4.79 Å². The van der Waals surface area contributed by atoms with Gasteiger partial charge in [-0.1, -0.05) is 72.3 Å². The first-order valence-corrected chi connectivity index (χ1v) is 13.2. The first kappa shape index (κ1) is 23.4. The van der Waals surface area contributed by atoms with Gasteiger partial charge in [0.1, 0.15) is 0 Å². The lowest BCUT2D eigenvalue weighted by atomic mass is 9.46. The van der Waals surface area contributed by atoms with Gasteiger partial charge in [0.15, 0.2) is 0 Å². The Morgan fingerprint density at radius 1 is 0.944 bits per heavy atom. The molecule has 0 aromatic heterocycles. The summed E-state index contributed by atoms with van der Waals surface area (Å²) in [6.45, 7) is 2.41. The maximum Gasteiger partial charge on any atom is 0.365 e. The average molecular weight is 482 g/mol. The van der Waals surface area contributed by atoms with Gasteiger partial charge in [0.25, 0.3) is 0 Å². The van der Waals surface area contributed by atoms with Gasteiger partial charge < -0.3 is 16.3 Å². The summed E-state index contributed by atoms with van der Waals surface area (Å²) in [7, 11) is 0. The van der Waals surface area contributed by atoms with Gasteiger partial charge >= 0.3 is 5.97 Å². The van der Waals surface area contributed by atoms with Crippen LogP contribution in [0.15, 0.2) is 83.5 Å². The van der Waals surface area contributed by atoms with Crippen LogP contribution in [0.2, 0.25) is 0 Å². The molecule has 186 valence electrons. The normalized spacial score (nSPS) is 36.2. The van der Waals surface area contributed by atoms with Crippen molar-refractivity contribution >= 4 is 17.3 Å². The smallest absolute Gasteiger partial charge is 0.323 e. The van der Waals surface area contributed by atoms with E-state index < -0.39 is 17.0 Å². The number of benzene rings is 2. The van der Waals surface area contributed by atoms with E-state index in [1.54, 1.807) is 12.1 Å². The van der Waals surface area contributed by atoms with Crippen LogP contribution in [0.5, 0.6) is 0 Å². The molecular weight excluding hydrogens is 446 g/mol.